The van der Waals surface area contributed by atoms with Crippen molar-refractivity contribution in [1.29, 1.82) is 0 Å². The minimum atomic E-state index is -0.491. The Bertz CT molecular complexity index is 1830. The number of benzene rings is 5. The van der Waals surface area contributed by atoms with Crippen LogP contribution in [0.1, 0.15) is 64.3 Å². The average Bonchev–Trinajstić information content (AvgIpc) is 3.08. The summed E-state index contributed by atoms with van der Waals surface area (Å²) in [6.07, 6.45) is 13.1. The first-order chi connectivity index (χ1) is 22.3. The van der Waals surface area contributed by atoms with Gasteiger partial charge < -0.3 is 10.6 Å². The number of rotatable bonds is 10. The minimum absolute atomic E-state index is 0.414. The minimum Gasteiger partial charge on any atom is -0.369 e. The molecule has 2 N–H and O–H groups in total. The van der Waals surface area contributed by atoms with Crippen LogP contribution in [0.3, 0.4) is 0 Å². The van der Waals surface area contributed by atoms with Crippen LogP contribution >= 0.6 is 0 Å². The van der Waals surface area contributed by atoms with E-state index in [1.165, 1.54) is 57.3 Å². The van der Waals surface area contributed by atoms with Crippen LogP contribution < -0.4 is 10.6 Å². The van der Waals surface area contributed by atoms with Gasteiger partial charge in [0, 0.05) is 17.1 Å². The Labute approximate surface area is 275 Å². The number of nitrogens with one attached hydrogen (secondary N) is 2. The van der Waals surface area contributed by atoms with Crippen LogP contribution in [0.15, 0.2) is 140 Å². The first-order valence-corrected chi connectivity index (χ1v) is 16.7. The van der Waals surface area contributed by atoms with Gasteiger partial charge in [-0.05, 0) is 109 Å². The molecule has 46 heavy (non-hydrogen) atoms. The van der Waals surface area contributed by atoms with Gasteiger partial charge in [0.05, 0.1) is 11.0 Å². The number of aryl methyl sites for hydroxylation is 5. The summed E-state index contributed by atoms with van der Waals surface area (Å²) in [6, 6.07) is 42.2. The van der Waals surface area contributed by atoms with Crippen LogP contribution in [0, 0.1) is 27.7 Å². The fourth-order valence-electron chi connectivity index (χ4n) is 6.53. The number of anilines is 3. The largest absolute Gasteiger partial charge is 0.369 e. The van der Waals surface area contributed by atoms with Gasteiger partial charge in [0.2, 0.25) is 0 Å². The number of unbranched alkanes of at least 4 members (excludes halogenated alkanes) is 1. The van der Waals surface area contributed by atoms with E-state index >= 15 is 0 Å². The molecule has 5 aromatic carbocycles. The van der Waals surface area contributed by atoms with Crippen molar-refractivity contribution in [1.82, 2.24) is 0 Å². The Morgan fingerprint density at radius 1 is 0.543 bits per heavy atom. The van der Waals surface area contributed by atoms with Crippen molar-refractivity contribution in [3.05, 3.63) is 184 Å². The molecule has 0 radical (unpaired) electrons. The van der Waals surface area contributed by atoms with Crippen LogP contribution in [-0.4, -0.2) is 0 Å². The molecule has 0 fully saturated rings. The standard InChI is InChI=1S/C44H46N2/c1-6-7-11-36-18-20-37(21-19-36)43(38-22-24-40(25-23-38)45-41-30-32(2)14-16-34(41)4)26-28-44(29-27-43,39-12-9-8-10-13-39)46-42-31-33(3)15-17-35(42)5/h8-10,12-31,45-46H,6-7,11H2,1-5H3. The Kier molecular flexibility index (Phi) is 8.99. The zero-order chi connectivity index (χ0) is 32.1. The van der Waals surface area contributed by atoms with E-state index in [1.807, 2.05) is 0 Å². The van der Waals surface area contributed by atoms with Crippen LogP contribution in [-0.2, 0) is 17.4 Å². The van der Waals surface area contributed by atoms with Crippen molar-refractivity contribution in [2.75, 3.05) is 10.6 Å². The first kappa shape index (κ1) is 31.2. The summed E-state index contributed by atoms with van der Waals surface area (Å²) in [5.41, 5.74) is 12.5. The third-order valence-corrected chi connectivity index (χ3v) is 9.49. The predicted molar refractivity (Wildman–Crippen MR) is 197 cm³/mol. The topological polar surface area (TPSA) is 24.1 Å². The van der Waals surface area contributed by atoms with Gasteiger partial charge in [0.1, 0.15) is 0 Å². The molecule has 2 nitrogen and oxygen atoms in total. The van der Waals surface area contributed by atoms with Gasteiger partial charge >= 0.3 is 0 Å². The summed E-state index contributed by atoms with van der Waals surface area (Å²) in [6.45, 7) is 10.9. The van der Waals surface area contributed by atoms with E-state index in [-0.39, 0.29) is 0 Å². The van der Waals surface area contributed by atoms with Crippen molar-refractivity contribution < 1.29 is 0 Å². The number of hydrogen-bond donors (Lipinski definition) is 2. The lowest BCUT2D eigenvalue weighted by Crippen LogP contribution is -2.37. The fourth-order valence-corrected chi connectivity index (χ4v) is 6.53. The van der Waals surface area contributed by atoms with Crippen molar-refractivity contribution >= 4 is 17.1 Å². The second-order valence-corrected chi connectivity index (χ2v) is 13.0. The van der Waals surface area contributed by atoms with Gasteiger partial charge in [-0.25, -0.2) is 0 Å². The van der Waals surface area contributed by atoms with Crippen molar-refractivity contribution in [3.63, 3.8) is 0 Å². The summed E-state index contributed by atoms with van der Waals surface area (Å²) < 4.78 is 0. The molecule has 0 saturated carbocycles. The summed E-state index contributed by atoms with van der Waals surface area (Å²) in [7, 11) is 0. The Morgan fingerprint density at radius 2 is 1.11 bits per heavy atom. The summed E-state index contributed by atoms with van der Waals surface area (Å²) in [4.78, 5) is 0. The van der Waals surface area contributed by atoms with E-state index in [1.54, 1.807) is 0 Å². The SMILES string of the molecule is CCCCc1ccc(C2(c3ccc(Nc4cc(C)ccc4C)cc3)C=CC(Nc3cc(C)ccc3C)(c3ccccc3)C=C2)cc1. The normalized spacial score (nSPS) is 18.8. The van der Waals surface area contributed by atoms with Gasteiger partial charge in [0.15, 0.2) is 0 Å². The van der Waals surface area contributed by atoms with Crippen LogP contribution in [0.2, 0.25) is 0 Å². The molecular formula is C44H46N2. The van der Waals surface area contributed by atoms with Gasteiger partial charge in [0.25, 0.3) is 0 Å². The molecule has 0 saturated heterocycles. The van der Waals surface area contributed by atoms with Crippen molar-refractivity contribution in [3.8, 4) is 0 Å². The van der Waals surface area contributed by atoms with E-state index in [2.05, 4.69) is 185 Å². The molecule has 6 rings (SSSR count). The molecule has 1 aliphatic carbocycles. The molecule has 232 valence electrons. The lowest BCUT2D eigenvalue weighted by Gasteiger charge is -2.39. The molecule has 0 bridgehead atoms. The van der Waals surface area contributed by atoms with E-state index in [4.69, 9.17) is 0 Å². The maximum absolute atomic E-state index is 3.96. The Balaban J connectivity index is 1.42. The third kappa shape index (κ3) is 6.44. The molecule has 0 spiro atoms. The van der Waals surface area contributed by atoms with Crippen molar-refractivity contribution in [2.45, 2.75) is 64.8 Å². The molecule has 2 heteroatoms. The first-order valence-electron chi connectivity index (χ1n) is 16.7. The number of allylic oxidation sites excluding steroid dienone is 2. The molecule has 0 heterocycles. The lowest BCUT2D eigenvalue weighted by atomic mass is 9.68. The summed E-state index contributed by atoms with van der Waals surface area (Å²) in [5, 5.41) is 7.60. The second kappa shape index (κ2) is 13.3. The lowest BCUT2D eigenvalue weighted by molar-refractivity contribution is 0.698. The molecule has 1 aliphatic rings. The molecule has 0 aromatic heterocycles. The smallest absolute Gasteiger partial charge is 0.0998 e. The van der Waals surface area contributed by atoms with E-state index in [9.17, 15) is 0 Å². The average molecular weight is 603 g/mol. The molecular weight excluding hydrogens is 556 g/mol. The molecule has 0 aliphatic heterocycles. The monoisotopic (exact) mass is 602 g/mol. The van der Waals surface area contributed by atoms with Crippen LogP contribution in [0.4, 0.5) is 17.1 Å². The maximum atomic E-state index is 3.96. The highest BCUT2D eigenvalue weighted by molar-refractivity contribution is 5.66. The maximum Gasteiger partial charge on any atom is 0.0998 e. The molecule has 5 aromatic rings. The van der Waals surface area contributed by atoms with Crippen LogP contribution in [0.25, 0.3) is 0 Å². The highest BCUT2D eigenvalue weighted by Crippen LogP contribution is 2.44. The quantitative estimate of drug-likeness (QED) is 0.155. The van der Waals surface area contributed by atoms with E-state index in [0.717, 1.165) is 23.5 Å². The Morgan fingerprint density at radius 3 is 1.72 bits per heavy atom. The van der Waals surface area contributed by atoms with Crippen LogP contribution in [0.5, 0.6) is 0 Å². The molecule has 0 amide bonds. The second-order valence-electron chi connectivity index (χ2n) is 13.0. The fraction of sp³-hybridized carbons (Fsp3) is 0.227. The highest BCUT2D eigenvalue weighted by atomic mass is 15.0. The number of hydrogen-bond acceptors (Lipinski definition) is 2. The zero-order valence-corrected chi connectivity index (χ0v) is 27.9. The Hall–Kier alpha value is -4.82. The van der Waals surface area contributed by atoms with Gasteiger partial charge in [-0.15, -0.1) is 0 Å². The van der Waals surface area contributed by atoms with E-state index < -0.39 is 11.0 Å². The molecule has 0 unspecified atom stereocenters. The van der Waals surface area contributed by atoms with Gasteiger partial charge in [-0.3, -0.25) is 0 Å². The van der Waals surface area contributed by atoms with Crippen molar-refractivity contribution in [2.24, 2.45) is 0 Å². The summed E-state index contributed by atoms with van der Waals surface area (Å²) in [5.74, 6) is 0. The highest BCUT2D eigenvalue weighted by Gasteiger charge is 2.37. The van der Waals surface area contributed by atoms with E-state index in [0.29, 0.717) is 0 Å². The summed E-state index contributed by atoms with van der Waals surface area (Å²) >= 11 is 0. The predicted octanol–water partition coefficient (Wildman–Crippen LogP) is 11.4. The molecule has 0 atom stereocenters. The zero-order valence-electron chi connectivity index (χ0n) is 27.9. The van der Waals surface area contributed by atoms with Gasteiger partial charge in [-0.1, -0.05) is 129 Å². The van der Waals surface area contributed by atoms with Gasteiger partial charge in [-0.2, -0.15) is 0 Å². The third-order valence-electron chi connectivity index (χ3n) is 9.49.